The summed E-state index contributed by atoms with van der Waals surface area (Å²) in [6, 6.07) is 19.9. The number of hydrogen-bond donors (Lipinski definition) is 1. The van der Waals surface area contributed by atoms with Gasteiger partial charge in [-0.3, -0.25) is 14.2 Å². The molecule has 6 aromatic rings. The molecule has 1 aliphatic carbocycles. The van der Waals surface area contributed by atoms with Gasteiger partial charge in [0.1, 0.15) is 15.5 Å². The predicted molar refractivity (Wildman–Crippen MR) is 161 cm³/mol. The van der Waals surface area contributed by atoms with Crippen LogP contribution in [0.25, 0.3) is 31.6 Å². The summed E-state index contributed by atoms with van der Waals surface area (Å²) in [6.07, 6.45) is 4.24. The minimum Gasteiger partial charge on any atom is -0.309 e. The fraction of sp³-hybridized carbons (Fsp3) is 0.200. The zero-order chi connectivity index (χ0) is 26.3. The van der Waals surface area contributed by atoms with Crippen molar-refractivity contribution in [1.82, 2.24) is 19.5 Å². The van der Waals surface area contributed by atoms with E-state index in [0.29, 0.717) is 33.5 Å². The third-order valence-corrected chi connectivity index (χ3v) is 10.2. The summed E-state index contributed by atoms with van der Waals surface area (Å²) in [6.45, 7) is 0.448. The van der Waals surface area contributed by atoms with Crippen molar-refractivity contribution < 1.29 is 0 Å². The Labute approximate surface area is 236 Å². The van der Waals surface area contributed by atoms with Gasteiger partial charge in [0.15, 0.2) is 5.16 Å². The van der Waals surface area contributed by atoms with E-state index in [1.807, 2.05) is 66.0 Å². The molecule has 0 saturated carbocycles. The second-order valence-corrected chi connectivity index (χ2v) is 12.5. The molecule has 0 spiro atoms. The molecule has 0 bridgehead atoms. The van der Waals surface area contributed by atoms with Crippen molar-refractivity contribution in [2.75, 3.05) is 0 Å². The van der Waals surface area contributed by atoms with E-state index in [-0.39, 0.29) is 11.1 Å². The van der Waals surface area contributed by atoms with Crippen LogP contribution in [-0.2, 0) is 25.1 Å². The Kier molecular flexibility index (Phi) is 6.42. The van der Waals surface area contributed by atoms with Gasteiger partial charge in [0, 0.05) is 15.8 Å². The highest BCUT2D eigenvalue weighted by atomic mass is 32.2. The average molecular weight is 569 g/mol. The third kappa shape index (κ3) is 4.54. The number of aromatic amines is 1. The quantitative estimate of drug-likeness (QED) is 0.180. The molecule has 1 aliphatic rings. The van der Waals surface area contributed by atoms with Gasteiger partial charge in [-0.05, 0) is 42.4 Å². The lowest BCUT2D eigenvalue weighted by Gasteiger charge is -2.13. The van der Waals surface area contributed by atoms with Crippen LogP contribution < -0.4 is 11.1 Å². The molecule has 7 rings (SSSR count). The highest BCUT2D eigenvalue weighted by molar-refractivity contribution is 7.98. The van der Waals surface area contributed by atoms with Gasteiger partial charge in [0.2, 0.25) is 0 Å². The number of aromatic nitrogens is 4. The lowest BCUT2D eigenvalue weighted by molar-refractivity contribution is 0.656. The molecule has 4 heterocycles. The Bertz CT molecular complexity index is 1940. The van der Waals surface area contributed by atoms with E-state index in [4.69, 9.17) is 9.97 Å². The molecule has 9 heteroatoms. The van der Waals surface area contributed by atoms with Crippen molar-refractivity contribution in [3.8, 4) is 11.1 Å². The number of thioether (sulfide) groups is 1. The molecule has 0 aliphatic heterocycles. The van der Waals surface area contributed by atoms with Crippen molar-refractivity contribution in [2.24, 2.45) is 0 Å². The zero-order valence-electron chi connectivity index (χ0n) is 21.0. The molecule has 4 aromatic heterocycles. The van der Waals surface area contributed by atoms with Gasteiger partial charge in [-0.1, -0.05) is 72.4 Å². The molecular formula is C30H24N4O2S3. The molecule has 0 amide bonds. The normalized spacial score (nSPS) is 13.2. The number of H-pyrrole nitrogens is 1. The summed E-state index contributed by atoms with van der Waals surface area (Å²) < 4.78 is 1.79. The molecule has 39 heavy (non-hydrogen) atoms. The molecule has 6 nitrogen and oxygen atoms in total. The number of fused-ring (bicyclic) bond motifs is 4. The number of aryl methyl sites for hydroxylation is 2. The van der Waals surface area contributed by atoms with Crippen molar-refractivity contribution >= 4 is 54.9 Å². The molecule has 0 saturated heterocycles. The van der Waals surface area contributed by atoms with Crippen LogP contribution in [0, 0.1) is 0 Å². The average Bonchev–Trinajstić information content (AvgIpc) is 3.57. The number of rotatable bonds is 6. The first-order chi connectivity index (χ1) is 19.2. The molecular weight excluding hydrogens is 545 g/mol. The first-order valence-corrected chi connectivity index (χ1v) is 15.6. The summed E-state index contributed by atoms with van der Waals surface area (Å²) in [7, 11) is 0. The van der Waals surface area contributed by atoms with E-state index in [0.717, 1.165) is 52.6 Å². The van der Waals surface area contributed by atoms with E-state index < -0.39 is 0 Å². The second-order valence-electron chi connectivity index (χ2n) is 9.66. The van der Waals surface area contributed by atoms with Crippen LogP contribution in [0.1, 0.15) is 34.7 Å². The predicted octanol–water partition coefficient (Wildman–Crippen LogP) is 6.64. The van der Waals surface area contributed by atoms with Crippen LogP contribution in [0.5, 0.6) is 0 Å². The van der Waals surface area contributed by atoms with Crippen molar-refractivity contribution in [3.05, 3.63) is 109 Å². The Hall–Kier alpha value is -3.53. The maximum Gasteiger partial charge on any atom is 0.263 e. The molecule has 2 aromatic carbocycles. The second kappa shape index (κ2) is 10.2. The molecule has 0 fully saturated rings. The molecule has 0 radical (unpaired) electrons. The van der Waals surface area contributed by atoms with Crippen LogP contribution >= 0.6 is 34.4 Å². The SMILES string of the molecule is O=c1[nH]c(CSc2nc3sc4c(c3c(=O)n2Cc2ccccc2)CCCC4)nc2scc(-c3ccccc3)c12. The van der Waals surface area contributed by atoms with E-state index in [1.165, 1.54) is 33.5 Å². The van der Waals surface area contributed by atoms with Gasteiger partial charge in [0.05, 0.1) is 23.1 Å². The fourth-order valence-electron chi connectivity index (χ4n) is 5.26. The van der Waals surface area contributed by atoms with Crippen LogP contribution in [-0.4, -0.2) is 19.5 Å². The monoisotopic (exact) mass is 568 g/mol. The maximum absolute atomic E-state index is 13.9. The topological polar surface area (TPSA) is 80.6 Å². The molecule has 0 unspecified atom stereocenters. The highest BCUT2D eigenvalue weighted by Gasteiger charge is 2.23. The van der Waals surface area contributed by atoms with Crippen LogP contribution in [0.2, 0.25) is 0 Å². The lowest BCUT2D eigenvalue weighted by Crippen LogP contribution is -2.24. The summed E-state index contributed by atoms with van der Waals surface area (Å²) in [5.41, 5.74) is 4.01. The first kappa shape index (κ1) is 24.5. The maximum atomic E-state index is 13.9. The minimum absolute atomic E-state index is 0.0217. The van der Waals surface area contributed by atoms with E-state index in [1.54, 1.807) is 15.9 Å². The Morgan fingerprint density at radius 3 is 2.49 bits per heavy atom. The van der Waals surface area contributed by atoms with E-state index in [9.17, 15) is 9.59 Å². The fourth-order valence-corrected chi connectivity index (χ4v) is 8.40. The Balaban J connectivity index is 1.27. The summed E-state index contributed by atoms with van der Waals surface area (Å²) in [5.74, 6) is 0.978. The summed E-state index contributed by atoms with van der Waals surface area (Å²) >= 11 is 4.58. The number of thiophene rings is 2. The largest absolute Gasteiger partial charge is 0.309 e. The molecule has 0 atom stereocenters. The van der Waals surface area contributed by atoms with Gasteiger partial charge in [-0.25, -0.2) is 9.97 Å². The minimum atomic E-state index is -0.147. The van der Waals surface area contributed by atoms with Gasteiger partial charge < -0.3 is 4.98 Å². The van der Waals surface area contributed by atoms with Crippen molar-refractivity contribution in [1.29, 1.82) is 0 Å². The number of nitrogens with zero attached hydrogens (tertiary/aromatic N) is 3. The first-order valence-electron chi connectivity index (χ1n) is 12.9. The van der Waals surface area contributed by atoms with Crippen molar-refractivity contribution in [3.63, 3.8) is 0 Å². The standard InChI is InChI=1S/C30H24N4O2S3/c35-26-24-21(19-11-5-2-6-12-19)16-37-27(24)32-23(31-26)17-38-30-33-28-25(20-13-7-8-14-22(20)39-28)29(36)34(30)15-18-9-3-1-4-10-18/h1-6,9-12,16H,7-8,13-15,17H2,(H,31,32,35). The number of benzene rings is 2. The van der Waals surface area contributed by atoms with Gasteiger partial charge in [-0.2, -0.15) is 0 Å². The van der Waals surface area contributed by atoms with Gasteiger partial charge >= 0.3 is 0 Å². The van der Waals surface area contributed by atoms with Crippen molar-refractivity contribution in [2.45, 2.75) is 43.1 Å². The van der Waals surface area contributed by atoms with E-state index >= 15 is 0 Å². The highest BCUT2D eigenvalue weighted by Crippen LogP contribution is 2.35. The summed E-state index contributed by atoms with van der Waals surface area (Å²) in [4.78, 5) is 42.7. The number of hydrogen-bond acceptors (Lipinski definition) is 7. The van der Waals surface area contributed by atoms with Crippen LogP contribution in [0.15, 0.2) is 80.8 Å². The molecule has 1 N–H and O–H groups in total. The third-order valence-electron chi connectivity index (χ3n) is 7.14. The Morgan fingerprint density at radius 1 is 0.897 bits per heavy atom. The van der Waals surface area contributed by atoms with Crippen LogP contribution in [0.4, 0.5) is 0 Å². The van der Waals surface area contributed by atoms with Gasteiger partial charge in [-0.15, -0.1) is 22.7 Å². The summed E-state index contributed by atoms with van der Waals surface area (Å²) in [5, 5.41) is 4.04. The molecule has 194 valence electrons. The van der Waals surface area contributed by atoms with Gasteiger partial charge in [0.25, 0.3) is 11.1 Å². The smallest absolute Gasteiger partial charge is 0.263 e. The van der Waals surface area contributed by atoms with E-state index in [2.05, 4.69) is 4.98 Å². The van der Waals surface area contributed by atoms with Crippen LogP contribution in [0.3, 0.4) is 0 Å². The number of nitrogens with one attached hydrogen (secondary N) is 1. The zero-order valence-corrected chi connectivity index (χ0v) is 23.4. The lowest BCUT2D eigenvalue weighted by atomic mass is 9.97. The Morgan fingerprint density at radius 2 is 1.67 bits per heavy atom.